The van der Waals surface area contributed by atoms with Gasteiger partial charge < -0.3 is 18.9 Å². The van der Waals surface area contributed by atoms with Crippen LogP contribution in [0.15, 0.2) is 60.7 Å². The molecule has 11 heteroatoms. The second kappa shape index (κ2) is 16.7. The van der Waals surface area contributed by atoms with Crippen LogP contribution in [0, 0.1) is 0 Å². The lowest BCUT2D eigenvalue weighted by Gasteiger charge is -2.32. The summed E-state index contributed by atoms with van der Waals surface area (Å²) in [4.78, 5) is 12.9. The molecule has 0 unspecified atom stereocenters. The fourth-order valence-corrected chi connectivity index (χ4v) is 4.41. The number of unbranched alkanes of at least 4 members (excludes halogenated alkanes) is 6. The molecule has 0 amide bonds. The number of para-hydroxylation sites is 1. The van der Waals surface area contributed by atoms with Crippen molar-refractivity contribution < 1.29 is 50.1 Å². The summed E-state index contributed by atoms with van der Waals surface area (Å²) in [5, 5.41) is 0.966. The van der Waals surface area contributed by atoms with Gasteiger partial charge in [-0.2, -0.15) is 26.3 Å². The van der Waals surface area contributed by atoms with Crippen LogP contribution < -0.4 is 14.2 Å². The van der Waals surface area contributed by atoms with Gasteiger partial charge in [-0.25, -0.2) is 4.79 Å². The molecule has 0 heterocycles. The maximum atomic E-state index is 14.3. The average molecular weight is 643 g/mol. The Morgan fingerprint density at radius 1 is 0.644 bits per heavy atom. The second-order valence-electron chi connectivity index (χ2n) is 10.9. The van der Waals surface area contributed by atoms with Crippen molar-refractivity contribution in [2.75, 3.05) is 26.4 Å². The van der Waals surface area contributed by atoms with E-state index in [0.717, 1.165) is 19.3 Å². The molecule has 0 spiro atoms. The van der Waals surface area contributed by atoms with Gasteiger partial charge in [-0.1, -0.05) is 76.6 Å². The number of halogens is 6. The van der Waals surface area contributed by atoms with Crippen LogP contribution in [0.4, 0.5) is 26.3 Å². The molecule has 0 aromatic heterocycles. The lowest BCUT2D eigenvalue weighted by molar-refractivity contribution is -0.324. The van der Waals surface area contributed by atoms with Gasteiger partial charge in [0.25, 0.3) is 0 Å². The first-order chi connectivity index (χ1) is 21.4. The molecule has 0 atom stereocenters. The monoisotopic (exact) mass is 642 g/mol. The van der Waals surface area contributed by atoms with Gasteiger partial charge >= 0.3 is 23.7 Å². The van der Waals surface area contributed by atoms with E-state index in [9.17, 15) is 31.1 Å². The Bertz CT molecular complexity index is 1360. The molecule has 3 rings (SSSR count). The number of hydrogen-bond donors (Lipinski definition) is 0. The minimum absolute atomic E-state index is 0.196. The first kappa shape index (κ1) is 36.0. The van der Waals surface area contributed by atoms with Gasteiger partial charge in [-0.05, 0) is 60.0 Å². The lowest BCUT2D eigenvalue weighted by Crippen LogP contribution is -2.58. The predicted molar refractivity (Wildman–Crippen MR) is 160 cm³/mol. The van der Waals surface area contributed by atoms with Crippen LogP contribution in [0.2, 0.25) is 0 Å². The number of carbonyl (C=O) groups excluding carboxylic acids is 1. The minimum atomic E-state index is -5.71. The number of ether oxygens (including phenoxy) is 4. The molecule has 0 aliphatic rings. The summed E-state index contributed by atoms with van der Waals surface area (Å²) in [5.74, 6) is -16.3. The maximum Gasteiger partial charge on any atom is 0.377 e. The van der Waals surface area contributed by atoms with Crippen LogP contribution in [0.25, 0.3) is 10.8 Å². The van der Waals surface area contributed by atoms with E-state index in [-0.39, 0.29) is 23.7 Å². The van der Waals surface area contributed by atoms with Crippen LogP contribution >= 0.6 is 0 Å². The van der Waals surface area contributed by atoms with E-state index in [1.54, 1.807) is 31.2 Å². The Morgan fingerprint density at radius 3 is 1.96 bits per heavy atom. The van der Waals surface area contributed by atoms with Crippen molar-refractivity contribution in [2.24, 2.45) is 0 Å². The largest absolute Gasteiger partial charge is 0.493 e. The van der Waals surface area contributed by atoms with E-state index in [1.165, 1.54) is 55.7 Å². The average Bonchev–Trinajstić information content (AvgIpc) is 3.01. The van der Waals surface area contributed by atoms with Gasteiger partial charge in [0.15, 0.2) is 6.61 Å². The number of rotatable bonds is 20. The van der Waals surface area contributed by atoms with Crippen molar-refractivity contribution in [1.82, 2.24) is 0 Å². The number of hydrogen-bond acceptors (Lipinski definition) is 5. The smallest absolute Gasteiger partial charge is 0.377 e. The lowest BCUT2D eigenvalue weighted by atomic mass is 10.1. The topological polar surface area (TPSA) is 54.0 Å². The quantitative estimate of drug-likeness (QED) is 0.0532. The molecule has 0 saturated carbocycles. The zero-order valence-electron chi connectivity index (χ0n) is 25.6. The summed E-state index contributed by atoms with van der Waals surface area (Å²) in [6.45, 7) is 0.297. The third-order valence-electron chi connectivity index (χ3n) is 7.12. The molecule has 248 valence electrons. The fraction of sp³-hybridized carbons (Fsp3) is 0.500. The van der Waals surface area contributed by atoms with Crippen molar-refractivity contribution in [3.05, 3.63) is 66.2 Å². The SMILES string of the molecule is CCCCCCCCOc1ccccc1C(=O)Oc1ccc2cc(OCC(F)(F)C(F)(F)C(F)(F)COCCCC)ccc2c1. The minimum Gasteiger partial charge on any atom is -0.493 e. The molecule has 0 radical (unpaired) electrons. The van der Waals surface area contributed by atoms with Gasteiger partial charge in [0.1, 0.15) is 29.4 Å². The van der Waals surface area contributed by atoms with E-state index in [4.69, 9.17) is 14.2 Å². The zero-order valence-corrected chi connectivity index (χ0v) is 25.6. The standard InChI is InChI=1S/C34H40F6O5/c1-3-5-7-8-9-12-20-43-30-14-11-10-13-29(30)31(41)45-28-18-16-25-21-27(17-15-26(25)22-28)44-24-33(37,38)34(39,40)32(35,36)23-42-19-6-4-2/h10-11,13-18,21-22H,3-9,12,19-20,23-24H2,1-2H3. The Balaban J connectivity index is 1.60. The van der Waals surface area contributed by atoms with E-state index < -0.39 is 37.0 Å². The summed E-state index contributed by atoms with van der Waals surface area (Å²) in [5.41, 5.74) is 0.253. The molecule has 3 aromatic rings. The first-order valence-corrected chi connectivity index (χ1v) is 15.2. The molecule has 0 bridgehead atoms. The highest BCUT2D eigenvalue weighted by molar-refractivity contribution is 5.94. The van der Waals surface area contributed by atoms with E-state index >= 15 is 0 Å². The van der Waals surface area contributed by atoms with Crippen molar-refractivity contribution in [2.45, 2.75) is 83.0 Å². The third kappa shape index (κ3) is 10.0. The highest BCUT2D eigenvalue weighted by atomic mass is 19.3. The van der Waals surface area contributed by atoms with Gasteiger partial charge in [0.05, 0.1) is 6.61 Å². The Labute approximate surface area is 259 Å². The van der Waals surface area contributed by atoms with Gasteiger partial charge in [-0.3, -0.25) is 0 Å². The number of benzene rings is 3. The Kier molecular flexibility index (Phi) is 13.4. The van der Waals surface area contributed by atoms with Crippen LogP contribution in [0.1, 0.15) is 75.6 Å². The maximum absolute atomic E-state index is 14.3. The summed E-state index contributed by atoms with van der Waals surface area (Å²) in [6.07, 6.45) is 7.49. The molecule has 0 aliphatic carbocycles. The Hall–Kier alpha value is -3.47. The molecule has 0 fully saturated rings. The molecule has 0 N–H and O–H groups in total. The number of alkyl halides is 6. The Morgan fingerprint density at radius 2 is 1.24 bits per heavy atom. The van der Waals surface area contributed by atoms with Gasteiger partial charge in [0, 0.05) is 6.61 Å². The van der Waals surface area contributed by atoms with E-state index in [2.05, 4.69) is 11.7 Å². The number of esters is 1. The van der Waals surface area contributed by atoms with Crippen molar-refractivity contribution in [3.8, 4) is 17.2 Å². The molecular weight excluding hydrogens is 602 g/mol. The van der Waals surface area contributed by atoms with Crippen molar-refractivity contribution in [3.63, 3.8) is 0 Å². The summed E-state index contributed by atoms with van der Waals surface area (Å²) >= 11 is 0. The normalized spacial score (nSPS) is 12.4. The van der Waals surface area contributed by atoms with Gasteiger partial charge in [0.2, 0.25) is 0 Å². The van der Waals surface area contributed by atoms with Crippen LogP contribution in [-0.2, 0) is 4.74 Å². The summed E-state index contributed by atoms with van der Waals surface area (Å²) < 4.78 is 106. The molecule has 0 saturated heterocycles. The molecule has 45 heavy (non-hydrogen) atoms. The predicted octanol–water partition coefficient (Wildman–Crippen LogP) is 9.90. The van der Waals surface area contributed by atoms with Gasteiger partial charge in [-0.15, -0.1) is 0 Å². The number of carbonyl (C=O) groups is 1. The zero-order chi connectivity index (χ0) is 32.9. The van der Waals surface area contributed by atoms with Crippen molar-refractivity contribution in [1.29, 1.82) is 0 Å². The van der Waals surface area contributed by atoms with Crippen LogP contribution in [0.3, 0.4) is 0 Å². The molecule has 5 nitrogen and oxygen atoms in total. The molecule has 3 aromatic carbocycles. The molecular formula is C34H40F6O5. The second-order valence-corrected chi connectivity index (χ2v) is 10.9. The van der Waals surface area contributed by atoms with Crippen LogP contribution in [-0.4, -0.2) is 50.2 Å². The van der Waals surface area contributed by atoms with Crippen molar-refractivity contribution >= 4 is 16.7 Å². The third-order valence-corrected chi connectivity index (χ3v) is 7.12. The first-order valence-electron chi connectivity index (χ1n) is 15.2. The number of fused-ring (bicyclic) bond motifs is 1. The summed E-state index contributed by atoms with van der Waals surface area (Å²) in [7, 11) is 0. The highest BCUT2D eigenvalue weighted by Crippen LogP contribution is 2.46. The van der Waals surface area contributed by atoms with E-state index in [0.29, 0.717) is 36.0 Å². The van der Waals surface area contributed by atoms with Crippen LogP contribution in [0.5, 0.6) is 17.2 Å². The fourth-order valence-electron chi connectivity index (χ4n) is 4.41. The summed E-state index contributed by atoms with van der Waals surface area (Å²) in [6, 6.07) is 15.2. The highest BCUT2D eigenvalue weighted by Gasteiger charge is 2.71. The van der Waals surface area contributed by atoms with E-state index in [1.807, 2.05) is 0 Å². The molecule has 0 aliphatic heterocycles.